The maximum absolute atomic E-state index is 12.6. The summed E-state index contributed by atoms with van der Waals surface area (Å²) < 4.78 is 17.2. The number of hydrogen-bond acceptors (Lipinski definition) is 4. The molecular formula is C53H42N2O4. The highest BCUT2D eigenvalue weighted by Crippen LogP contribution is 2.49. The van der Waals surface area contributed by atoms with Crippen LogP contribution in [0.4, 0.5) is 0 Å². The molecule has 0 aliphatic carbocycles. The molecule has 0 aliphatic heterocycles. The van der Waals surface area contributed by atoms with Crippen LogP contribution in [-0.2, 0) is 0 Å². The molecule has 0 saturated heterocycles. The van der Waals surface area contributed by atoms with Gasteiger partial charge in [0, 0.05) is 43.8 Å². The Morgan fingerprint density at radius 1 is 0.390 bits per heavy atom. The van der Waals surface area contributed by atoms with Gasteiger partial charge in [-0.05, 0) is 110 Å². The number of fused-ring (bicyclic) bond motifs is 6. The lowest BCUT2D eigenvalue weighted by Gasteiger charge is -2.22. The smallest absolute Gasteiger partial charge is 0.147 e. The molecule has 2 heterocycles. The molecule has 288 valence electrons. The normalized spacial score (nSPS) is 11.6. The van der Waals surface area contributed by atoms with E-state index < -0.39 is 0 Å². The summed E-state index contributed by atoms with van der Waals surface area (Å²) in [5.74, 6) is 1.54. The molecule has 10 rings (SSSR count). The Morgan fingerprint density at radius 2 is 0.729 bits per heavy atom. The van der Waals surface area contributed by atoms with E-state index in [2.05, 4.69) is 83.6 Å². The molecule has 10 aromatic rings. The van der Waals surface area contributed by atoms with Crippen LogP contribution in [0.3, 0.4) is 0 Å². The molecule has 0 atom stereocenters. The van der Waals surface area contributed by atoms with Gasteiger partial charge in [-0.2, -0.15) is 0 Å². The van der Waals surface area contributed by atoms with E-state index in [9.17, 15) is 10.2 Å². The average Bonchev–Trinajstić information content (AvgIpc) is 3.77. The molecule has 0 radical (unpaired) electrons. The Balaban J connectivity index is 1.19. The van der Waals surface area contributed by atoms with Gasteiger partial charge in [-0.15, -0.1) is 0 Å². The second-order valence-electron chi connectivity index (χ2n) is 15.3. The van der Waals surface area contributed by atoms with Crippen LogP contribution in [0, 0.1) is 20.8 Å². The van der Waals surface area contributed by atoms with Gasteiger partial charge in [-0.1, -0.05) is 91.0 Å². The van der Waals surface area contributed by atoms with Crippen molar-refractivity contribution in [2.45, 2.75) is 20.8 Å². The molecule has 8 aromatic carbocycles. The lowest BCUT2D eigenvalue weighted by Crippen LogP contribution is -2.10. The Hall–Kier alpha value is -7.44. The standard InChI is InChI=1S/C53H42N2O4/c1-33-29-43(41-27-34(2)31-49(51(41)56)54-45-21-11-7-17-37(45)38-18-8-12-22-46(38)54)53(59-26-25-58-36-15-5-4-6-16-36)44(30-33)42-28-35(3)32-50(52(42)57)55-47-23-13-9-19-39(47)40-20-10-14-24-48(40)55/h4-24,27-32,56-57H,25-26H2,1-3H3. The van der Waals surface area contributed by atoms with Crippen molar-refractivity contribution < 1.29 is 19.7 Å². The summed E-state index contributed by atoms with van der Waals surface area (Å²) in [6.45, 7) is 6.65. The fraction of sp³-hybridized carbons (Fsp3) is 0.0943. The Labute approximate surface area is 342 Å². The molecule has 0 spiro atoms. The second-order valence-corrected chi connectivity index (χ2v) is 15.3. The van der Waals surface area contributed by atoms with Crippen molar-refractivity contribution in [3.63, 3.8) is 0 Å². The van der Waals surface area contributed by atoms with Crippen LogP contribution in [0.5, 0.6) is 23.0 Å². The van der Waals surface area contributed by atoms with E-state index >= 15 is 0 Å². The van der Waals surface area contributed by atoms with Gasteiger partial charge in [0.05, 0.1) is 33.4 Å². The zero-order valence-corrected chi connectivity index (χ0v) is 33.1. The van der Waals surface area contributed by atoms with E-state index in [0.29, 0.717) is 39.4 Å². The summed E-state index contributed by atoms with van der Waals surface area (Å²) in [5.41, 5.74) is 10.9. The molecular weight excluding hydrogens is 729 g/mol. The van der Waals surface area contributed by atoms with Gasteiger partial charge in [0.15, 0.2) is 0 Å². The quantitative estimate of drug-likeness (QED) is 0.143. The fourth-order valence-electron chi connectivity index (χ4n) is 8.78. The zero-order valence-electron chi connectivity index (χ0n) is 33.1. The van der Waals surface area contributed by atoms with Crippen LogP contribution in [0.15, 0.2) is 164 Å². The predicted octanol–water partition coefficient (Wildman–Crippen LogP) is 13.0. The minimum absolute atomic E-state index is 0.128. The molecule has 0 aliphatic rings. The number of phenols is 2. The number of hydrogen-bond donors (Lipinski definition) is 2. The monoisotopic (exact) mass is 770 g/mol. The highest BCUT2D eigenvalue weighted by molar-refractivity contribution is 6.11. The van der Waals surface area contributed by atoms with Gasteiger partial charge in [0.25, 0.3) is 0 Å². The number of aromatic hydroxyl groups is 2. The summed E-state index contributed by atoms with van der Waals surface area (Å²) in [5, 5.41) is 29.6. The van der Waals surface area contributed by atoms with E-state index in [1.54, 1.807) is 0 Å². The number of aryl methyl sites for hydroxylation is 3. The molecule has 6 heteroatoms. The first-order valence-corrected chi connectivity index (χ1v) is 20.0. The number of rotatable bonds is 9. The van der Waals surface area contributed by atoms with E-state index in [0.717, 1.165) is 66.1 Å². The number of phenolic OH excluding ortho intramolecular Hbond substituents is 2. The first kappa shape index (κ1) is 35.9. The lowest BCUT2D eigenvalue weighted by molar-refractivity contribution is 0.218. The third-order valence-corrected chi connectivity index (χ3v) is 11.3. The zero-order chi connectivity index (χ0) is 40.2. The van der Waals surface area contributed by atoms with Crippen molar-refractivity contribution in [2.24, 2.45) is 0 Å². The van der Waals surface area contributed by atoms with Gasteiger partial charge in [0.2, 0.25) is 0 Å². The molecule has 0 saturated carbocycles. The largest absolute Gasteiger partial charge is 0.505 e. The summed E-state index contributed by atoms with van der Waals surface area (Å²) in [7, 11) is 0. The number of para-hydroxylation sites is 5. The van der Waals surface area contributed by atoms with E-state index in [4.69, 9.17) is 9.47 Å². The number of aromatic nitrogens is 2. The molecule has 0 bridgehead atoms. The Kier molecular flexibility index (Phi) is 8.83. The second kappa shape index (κ2) is 14.5. The summed E-state index contributed by atoms with van der Waals surface area (Å²) in [6.07, 6.45) is 0. The first-order valence-electron chi connectivity index (χ1n) is 20.0. The Bertz CT molecular complexity index is 2930. The van der Waals surface area contributed by atoms with Crippen LogP contribution in [0.1, 0.15) is 16.7 Å². The third kappa shape index (κ3) is 6.12. The topological polar surface area (TPSA) is 68.8 Å². The summed E-state index contributed by atoms with van der Waals surface area (Å²) >= 11 is 0. The van der Waals surface area contributed by atoms with E-state index in [1.165, 1.54) is 0 Å². The molecule has 2 aromatic heterocycles. The van der Waals surface area contributed by atoms with Crippen molar-refractivity contribution >= 4 is 43.6 Å². The highest BCUT2D eigenvalue weighted by atomic mass is 16.5. The van der Waals surface area contributed by atoms with Gasteiger partial charge in [-0.25, -0.2) is 0 Å². The molecule has 6 nitrogen and oxygen atoms in total. The first-order chi connectivity index (χ1) is 28.9. The maximum Gasteiger partial charge on any atom is 0.147 e. The predicted molar refractivity (Wildman–Crippen MR) is 241 cm³/mol. The van der Waals surface area contributed by atoms with Crippen molar-refractivity contribution in [1.82, 2.24) is 9.13 Å². The minimum atomic E-state index is 0.128. The van der Waals surface area contributed by atoms with Crippen LogP contribution < -0.4 is 9.47 Å². The van der Waals surface area contributed by atoms with Crippen LogP contribution in [-0.4, -0.2) is 32.6 Å². The Morgan fingerprint density at radius 3 is 1.15 bits per heavy atom. The van der Waals surface area contributed by atoms with E-state index in [1.807, 2.05) is 110 Å². The van der Waals surface area contributed by atoms with Crippen molar-refractivity contribution in [3.8, 4) is 56.6 Å². The maximum atomic E-state index is 12.6. The molecule has 2 N–H and O–H groups in total. The minimum Gasteiger partial charge on any atom is -0.505 e. The average molecular weight is 771 g/mol. The fourth-order valence-corrected chi connectivity index (χ4v) is 8.78. The molecule has 0 fully saturated rings. The summed E-state index contributed by atoms with van der Waals surface area (Å²) in [4.78, 5) is 0. The van der Waals surface area contributed by atoms with Crippen LogP contribution in [0.25, 0.3) is 77.2 Å². The number of ether oxygens (including phenoxy) is 2. The molecule has 0 amide bonds. The number of nitrogens with zero attached hydrogens (tertiary/aromatic N) is 2. The summed E-state index contributed by atoms with van der Waals surface area (Å²) in [6, 6.07) is 55.1. The van der Waals surface area contributed by atoms with Crippen LogP contribution >= 0.6 is 0 Å². The number of benzene rings is 8. The van der Waals surface area contributed by atoms with E-state index in [-0.39, 0.29) is 24.7 Å². The van der Waals surface area contributed by atoms with Crippen LogP contribution in [0.2, 0.25) is 0 Å². The molecule has 0 unspecified atom stereocenters. The highest BCUT2D eigenvalue weighted by Gasteiger charge is 2.25. The van der Waals surface area contributed by atoms with Gasteiger partial charge in [0.1, 0.15) is 36.2 Å². The van der Waals surface area contributed by atoms with Gasteiger partial charge >= 0.3 is 0 Å². The third-order valence-electron chi connectivity index (χ3n) is 11.3. The molecule has 59 heavy (non-hydrogen) atoms. The van der Waals surface area contributed by atoms with Gasteiger partial charge < -0.3 is 28.8 Å². The van der Waals surface area contributed by atoms with Crippen molar-refractivity contribution in [3.05, 3.63) is 180 Å². The van der Waals surface area contributed by atoms with Crippen molar-refractivity contribution in [1.29, 1.82) is 0 Å². The van der Waals surface area contributed by atoms with Crippen molar-refractivity contribution in [2.75, 3.05) is 13.2 Å². The lowest BCUT2D eigenvalue weighted by atomic mass is 9.91. The van der Waals surface area contributed by atoms with Gasteiger partial charge in [-0.3, -0.25) is 0 Å². The SMILES string of the molecule is Cc1cc(-c2cc(C)cc(-n3c4ccccc4c4ccccc43)c2O)c(OCCOc2ccccc2)c(-c2cc(C)cc(-n3c4ccccc4c4ccccc43)c2O)c1.